The summed E-state index contributed by atoms with van der Waals surface area (Å²) in [5.74, 6) is 0. The van der Waals surface area contributed by atoms with Crippen LogP contribution in [0.5, 0.6) is 0 Å². The van der Waals surface area contributed by atoms with Crippen molar-refractivity contribution in [2.45, 2.75) is 0 Å². The van der Waals surface area contributed by atoms with Gasteiger partial charge in [0.1, 0.15) is 0 Å². The van der Waals surface area contributed by atoms with E-state index in [-0.39, 0.29) is 5.56 Å². The minimum absolute atomic E-state index is 0.0619. The molecule has 2 heterocycles. The van der Waals surface area contributed by atoms with Crippen molar-refractivity contribution >= 4 is 11.0 Å². The summed E-state index contributed by atoms with van der Waals surface area (Å²) >= 11 is 0. The van der Waals surface area contributed by atoms with Crippen LogP contribution < -0.4 is 5.56 Å². The third-order valence-corrected chi connectivity index (χ3v) is 1.69. The van der Waals surface area contributed by atoms with E-state index in [1.807, 2.05) is 0 Å². The Bertz CT molecular complexity index is 475. The molecule has 0 atom stereocenters. The first-order chi connectivity index (χ1) is 5.79. The third kappa shape index (κ3) is 0.887. The molecule has 0 saturated carbocycles. The quantitative estimate of drug-likeness (QED) is 0.559. The molecule has 2 rings (SSSR count). The lowest BCUT2D eigenvalue weighted by Crippen LogP contribution is -2.17. The molecule has 0 amide bonds. The number of nitrogens with zero attached hydrogens (tertiary/aromatic N) is 3. The van der Waals surface area contributed by atoms with Crippen molar-refractivity contribution in [1.82, 2.24) is 14.5 Å². The van der Waals surface area contributed by atoms with E-state index in [1.54, 1.807) is 25.4 Å². The number of rotatable bonds is 0. The largest absolute Gasteiger partial charge is 0.302 e. The summed E-state index contributed by atoms with van der Waals surface area (Å²) < 4.78 is 1.43. The molecule has 2 aromatic rings. The zero-order valence-corrected chi connectivity index (χ0v) is 6.56. The van der Waals surface area contributed by atoms with Crippen LogP contribution in [0.4, 0.5) is 0 Å². The van der Waals surface area contributed by atoms with Crippen molar-refractivity contribution in [3.05, 3.63) is 35.0 Å². The van der Waals surface area contributed by atoms with E-state index in [2.05, 4.69) is 9.97 Å². The number of hydrogen-bond acceptors (Lipinski definition) is 3. The summed E-state index contributed by atoms with van der Waals surface area (Å²) in [5, 5.41) is 0.558. The van der Waals surface area contributed by atoms with Gasteiger partial charge in [0, 0.05) is 13.2 Å². The van der Waals surface area contributed by atoms with Gasteiger partial charge in [-0.15, -0.1) is 0 Å². The van der Waals surface area contributed by atoms with Crippen LogP contribution in [0.25, 0.3) is 11.0 Å². The predicted molar refractivity (Wildman–Crippen MR) is 44.8 cm³/mol. The summed E-state index contributed by atoms with van der Waals surface area (Å²) in [5.41, 5.74) is 0.439. The fraction of sp³-hybridized carbons (Fsp3) is 0.125. The van der Waals surface area contributed by atoms with E-state index in [1.165, 1.54) is 10.9 Å². The highest BCUT2D eigenvalue weighted by atomic mass is 16.1. The molecule has 4 nitrogen and oxygen atoms in total. The molecule has 0 aromatic carbocycles. The van der Waals surface area contributed by atoms with Crippen LogP contribution in [-0.4, -0.2) is 14.5 Å². The molecule has 0 spiro atoms. The van der Waals surface area contributed by atoms with Crippen molar-refractivity contribution in [1.29, 1.82) is 0 Å². The first-order valence-electron chi connectivity index (χ1n) is 3.55. The Kier molecular flexibility index (Phi) is 1.40. The Labute approximate surface area is 68.5 Å². The summed E-state index contributed by atoms with van der Waals surface area (Å²) in [6.07, 6.45) is 3.09. The molecule has 0 N–H and O–H groups in total. The van der Waals surface area contributed by atoms with Crippen molar-refractivity contribution in [3.8, 4) is 0 Å². The van der Waals surface area contributed by atoms with Crippen molar-refractivity contribution in [2.75, 3.05) is 0 Å². The Hall–Kier alpha value is -1.71. The van der Waals surface area contributed by atoms with E-state index < -0.39 is 0 Å². The summed E-state index contributed by atoms with van der Waals surface area (Å²) in [7, 11) is 1.67. The zero-order chi connectivity index (χ0) is 8.55. The molecular weight excluding hydrogens is 154 g/mol. The first kappa shape index (κ1) is 6.97. The van der Waals surface area contributed by atoms with Gasteiger partial charge in [-0.1, -0.05) is 0 Å². The van der Waals surface area contributed by atoms with Gasteiger partial charge in [-0.2, -0.15) is 0 Å². The second-order valence-electron chi connectivity index (χ2n) is 2.54. The highest BCUT2D eigenvalue weighted by Crippen LogP contribution is 1.99. The topological polar surface area (TPSA) is 47.8 Å². The molecule has 60 valence electrons. The fourth-order valence-corrected chi connectivity index (χ4v) is 1.05. The van der Waals surface area contributed by atoms with Crippen molar-refractivity contribution in [3.63, 3.8) is 0 Å². The van der Waals surface area contributed by atoms with Gasteiger partial charge in [-0.05, 0) is 12.1 Å². The maximum atomic E-state index is 11.4. The van der Waals surface area contributed by atoms with E-state index in [0.29, 0.717) is 11.0 Å². The monoisotopic (exact) mass is 161 g/mol. The number of hydrogen-bond donors (Lipinski definition) is 0. The lowest BCUT2D eigenvalue weighted by molar-refractivity contribution is 0.839. The van der Waals surface area contributed by atoms with Gasteiger partial charge in [0.25, 0.3) is 5.56 Å². The highest BCUT2D eigenvalue weighted by molar-refractivity contribution is 5.72. The van der Waals surface area contributed by atoms with Crippen LogP contribution in [0.1, 0.15) is 0 Å². The SMILES string of the molecule is Cn1cnc2ncccc2c1=O. The molecule has 2 aromatic heterocycles. The lowest BCUT2D eigenvalue weighted by atomic mass is 10.3. The second-order valence-corrected chi connectivity index (χ2v) is 2.54. The highest BCUT2D eigenvalue weighted by Gasteiger charge is 1.99. The number of aromatic nitrogens is 3. The van der Waals surface area contributed by atoms with E-state index in [0.717, 1.165) is 0 Å². The molecule has 0 aliphatic carbocycles. The second kappa shape index (κ2) is 2.41. The van der Waals surface area contributed by atoms with E-state index in [4.69, 9.17) is 0 Å². The average Bonchev–Trinajstić information content (AvgIpc) is 2.12. The Morgan fingerprint density at radius 1 is 1.42 bits per heavy atom. The zero-order valence-electron chi connectivity index (χ0n) is 6.56. The van der Waals surface area contributed by atoms with Crippen LogP contribution in [0.15, 0.2) is 29.5 Å². The Balaban J connectivity index is 3.01. The maximum Gasteiger partial charge on any atom is 0.262 e. The van der Waals surface area contributed by atoms with Crippen LogP contribution in [0, 0.1) is 0 Å². The number of pyridine rings is 1. The smallest absolute Gasteiger partial charge is 0.262 e. The number of fused-ring (bicyclic) bond motifs is 1. The standard InChI is InChI=1S/C8H7N3O/c1-11-5-10-7-6(8(11)12)3-2-4-9-7/h2-5H,1H3. The first-order valence-corrected chi connectivity index (χ1v) is 3.55. The molecule has 0 fully saturated rings. The Morgan fingerprint density at radius 3 is 3.08 bits per heavy atom. The molecule has 0 saturated heterocycles. The van der Waals surface area contributed by atoms with Gasteiger partial charge in [-0.3, -0.25) is 4.79 Å². The minimum atomic E-state index is -0.0619. The molecule has 4 heteroatoms. The van der Waals surface area contributed by atoms with Crippen LogP contribution in [0.2, 0.25) is 0 Å². The number of aryl methyl sites for hydroxylation is 1. The molecule has 0 aliphatic rings. The normalized spacial score (nSPS) is 10.4. The van der Waals surface area contributed by atoms with Crippen molar-refractivity contribution in [2.24, 2.45) is 7.05 Å². The third-order valence-electron chi connectivity index (χ3n) is 1.69. The predicted octanol–water partition coefficient (Wildman–Crippen LogP) is 0.328. The molecule has 0 radical (unpaired) electrons. The molecular formula is C8H7N3O. The van der Waals surface area contributed by atoms with Gasteiger partial charge >= 0.3 is 0 Å². The van der Waals surface area contributed by atoms with E-state index >= 15 is 0 Å². The van der Waals surface area contributed by atoms with Crippen LogP contribution in [0.3, 0.4) is 0 Å². The van der Waals surface area contributed by atoms with Gasteiger partial charge in [-0.25, -0.2) is 9.97 Å². The minimum Gasteiger partial charge on any atom is -0.302 e. The summed E-state index contributed by atoms with van der Waals surface area (Å²) in [6, 6.07) is 3.45. The van der Waals surface area contributed by atoms with E-state index in [9.17, 15) is 4.79 Å². The van der Waals surface area contributed by atoms with Crippen LogP contribution in [-0.2, 0) is 7.05 Å². The lowest BCUT2D eigenvalue weighted by Gasteiger charge is -1.97. The summed E-state index contributed by atoms with van der Waals surface area (Å²) in [6.45, 7) is 0. The molecule has 0 aliphatic heterocycles. The Morgan fingerprint density at radius 2 is 2.25 bits per heavy atom. The molecule has 0 bridgehead atoms. The van der Waals surface area contributed by atoms with Gasteiger partial charge in [0.05, 0.1) is 11.7 Å². The molecule has 0 unspecified atom stereocenters. The molecule has 12 heavy (non-hydrogen) atoms. The van der Waals surface area contributed by atoms with Gasteiger partial charge in [0.2, 0.25) is 0 Å². The maximum absolute atomic E-state index is 11.4. The van der Waals surface area contributed by atoms with Crippen LogP contribution >= 0.6 is 0 Å². The average molecular weight is 161 g/mol. The van der Waals surface area contributed by atoms with Crippen molar-refractivity contribution < 1.29 is 0 Å². The van der Waals surface area contributed by atoms with Gasteiger partial charge in [0.15, 0.2) is 5.65 Å². The fourth-order valence-electron chi connectivity index (χ4n) is 1.05. The summed E-state index contributed by atoms with van der Waals surface area (Å²) in [4.78, 5) is 19.4. The van der Waals surface area contributed by atoms with Gasteiger partial charge < -0.3 is 4.57 Å².